The van der Waals surface area contributed by atoms with Crippen molar-refractivity contribution in [2.75, 3.05) is 19.6 Å². The fraction of sp³-hybridized carbons (Fsp3) is 0.429. The first-order chi connectivity index (χ1) is 13.5. The van der Waals surface area contributed by atoms with E-state index < -0.39 is 0 Å². The van der Waals surface area contributed by atoms with Crippen LogP contribution < -0.4 is 16.3 Å². The molecule has 4 rings (SSSR count). The lowest BCUT2D eigenvalue weighted by Crippen LogP contribution is -2.46. The molecule has 2 unspecified atom stereocenters. The van der Waals surface area contributed by atoms with Crippen molar-refractivity contribution >= 4 is 5.91 Å². The second kappa shape index (κ2) is 7.85. The Hall–Kier alpha value is -2.51. The van der Waals surface area contributed by atoms with Gasteiger partial charge >= 0.3 is 0 Å². The number of likely N-dealkylation sites (tertiary alicyclic amines) is 1. The predicted octanol–water partition coefficient (Wildman–Crippen LogP) is 1.93. The van der Waals surface area contributed by atoms with Gasteiger partial charge < -0.3 is 9.88 Å². The molecular formula is C21H25FN4O2. The second-order valence-corrected chi connectivity index (χ2v) is 7.74. The van der Waals surface area contributed by atoms with Crippen molar-refractivity contribution < 1.29 is 9.18 Å². The zero-order valence-electron chi connectivity index (χ0n) is 15.9. The van der Waals surface area contributed by atoms with Crippen molar-refractivity contribution in [1.82, 2.24) is 20.7 Å². The quantitative estimate of drug-likeness (QED) is 0.756. The van der Waals surface area contributed by atoms with Gasteiger partial charge in [0.1, 0.15) is 11.4 Å². The maximum atomic E-state index is 13.6. The Morgan fingerprint density at radius 3 is 2.71 bits per heavy atom. The van der Waals surface area contributed by atoms with Crippen molar-refractivity contribution in [1.29, 1.82) is 0 Å². The molecule has 148 valence electrons. The van der Waals surface area contributed by atoms with E-state index in [1.54, 1.807) is 24.0 Å². The standard InChI is InChI=1S/C21H25FN4O2/c1-13-9-19(27)18(11-23-13)21(28)26-7-5-14(6-8-26)20-17(12-24-25-20)15-3-2-4-16(22)10-15/h2-4,9-11,14,17,20,24-25H,5-8,12H2,1H3,(H,23,27). The van der Waals surface area contributed by atoms with Crippen LogP contribution in [0.25, 0.3) is 0 Å². The lowest BCUT2D eigenvalue weighted by molar-refractivity contribution is 0.0668. The Morgan fingerprint density at radius 1 is 1.21 bits per heavy atom. The lowest BCUT2D eigenvalue weighted by Gasteiger charge is -2.36. The van der Waals surface area contributed by atoms with Crippen LogP contribution in [-0.4, -0.2) is 41.5 Å². The van der Waals surface area contributed by atoms with Crippen LogP contribution in [0, 0.1) is 18.7 Å². The summed E-state index contributed by atoms with van der Waals surface area (Å²) < 4.78 is 13.6. The van der Waals surface area contributed by atoms with Crippen LogP contribution in [0.4, 0.5) is 4.39 Å². The number of hydrazine groups is 1. The molecule has 3 N–H and O–H groups in total. The third-order valence-electron chi connectivity index (χ3n) is 5.92. The molecule has 7 heteroatoms. The van der Waals surface area contributed by atoms with E-state index in [0.29, 0.717) is 19.0 Å². The number of carbonyl (C=O) groups excluding carboxylic acids is 1. The van der Waals surface area contributed by atoms with Crippen LogP contribution in [0.15, 0.2) is 41.3 Å². The van der Waals surface area contributed by atoms with E-state index in [9.17, 15) is 14.0 Å². The van der Waals surface area contributed by atoms with Crippen LogP contribution in [-0.2, 0) is 0 Å². The molecule has 28 heavy (non-hydrogen) atoms. The number of halogens is 1. The van der Waals surface area contributed by atoms with Crippen LogP contribution >= 0.6 is 0 Å². The molecule has 1 aromatic heterocycles. The number of rotatable bonds is 3. The first kappa shape index (κ1) is 18.8. The first-order valence-electron chi connectivity index (χ1n) is 9.75. The van der Waals surface area contributed by atoms with Gasteiger partial charge in [0.15, 0.2) is 5.43 Å². The highest BCUT2D eigenvalue weighted by molar-refractivity contribution is 5.93. The van der Waals surface area contributed by atoms with E-state index in [2.05, 4.69) is 15.8 Å². The summed E-state index contributed by atoms with van der Waals surface area (Å²) in [4.78, 5) is 29.5. The predicted molar refractivity (Wildman–Crippen MR) is 104 cm³/mol. The topological polar surface area (TPSA) is 77.2 Å². The van der Waals surface area contributed by atoms with Crippen molar-refractivity contribution in [2.45, 2.75) is 31.7 Å². The summed E-state index contributed by atoms with van der Waals surface area (Å²) in [5, 5.41) is 0. The minimum Gasteiger partial charge on any atom is -0.364 e. The number of piperidine rings is 1. The molecule has 0 bridgehead atoms. The highest BCUT2D eigenvalue weighted by Gasteiger charge is 2.37. The average Bonchev–Trinajstić information content (AvgIpc) is 3.17. The number of nitrogens with zero attached hydrogens (tertiary/aromatic N) is 1. The van der Waals surface area contributed by atoms with Gasteiger partial charge in [-0.05, 0) is 43.4 Å². The van der Waals surface area contributed by atoms with Gasteiger partial charge in [-0.25, -0.2) is 4.39 Å². The van der Waals surface area contributed by atoms with Gasteiger partial charge in [0.05, 0.1) is 0 Å². The molecular weight excluding hydrogens is 359 g/mol. The Labute approximate surface area is 163 Å². The van der Waals surface area contributed by atoms with Crippen LogP contribution in [0.3, 0.4) is 0 Å². The molecule has 0 radical (unpaired) electrons. The normalized spacial score (nSPS) is 23.1. The molecule has 0 spiro atoms. The zero-order valence-corrected chi connectivity index (χ0v) is 15.9. The average molecular weight is 384 g/mol. The zero-order chi connectivity index (χ0) is 19.7. The largest absolute Gasteiger partial charge is 0.364 e. The summed E-state index contributed by atoms with van der Waals surface area (Å²) in [6.07, 6.45) is 3.20. The maximum absolute atomic E-state index is 13.6. The van der Waals surface area contributed by atoms with Gasteiger partial charge in [0.25, 0.3) is 5.91 Å². The van der Waals surface area contributed by atoms with E-state index in [-0.39, 0.29) is 34.7 Å². The molecule has 2 aromatic rings. The first-order valence-corrected chi connectivity index (χ1v) is 9.75. The van der Waals surface area contributed by atoms with Gasteiger partial charge in [-0.2, -0.15) is 0 Å². The maximum Gasteiger partial charge on any atom is 0.259 e. The Balaban J connectivity index is 1.42. The number of aromatic amines is 1. The van der Waals surface area contributed by atoms with Gasteiger partial charge in [-0.1, -0.05) is 12.1 Å². The van der Waals surface area contributed by atoms with E-state index in [1.165, 1.54) is 18.3 Å². The monoisotopic (exact) mass is 384 g/mol. The molecule has 2 aliphatic rings. The molecule has 2 fully saturated rings. The van der Waals surface area contributed by atoms with E-state index in [0.717, 1.165) is 30.6 Å². The van der Waals surface area contributed by atoms with Crippen molar-refractivity contribution in [3.63, 3.8) is 0 Å². The van der Waals surface area contributed by atoms with Crippen LogP contribution in [0.1, 0.15) is 40.4 Å². The van der Waals surface area contributed by atoms with Gasteiger partial charge in [0, 0.05) is 49.6 Å². The van der Waals surface area contributed by atoms with Gasteiger partial charge in [-0.15, -0.1) is 0 Å². The summed E-state index contributed by atoms with van der Waals surface area (Å²) >= 11 is 0. The highest BCUT2D eigenvalue weighted by Crippen LogP contribution is 2.32. The fourth-order valence-electron chi connectivity index (χ4n) is 4.40. The van der Waals surface area contributed by atoms with Crippen molar-refractivity contribution in [3.8, 4) is 0 Å². The number of carbonyl (C=O) groups is 1. The van der Waals surface area contributed by atoms with Crippen molar-refractivity contribution in [3.05, 3.63) is 69.4 Å². The smallest absolute Gasteiger partial charge is 0.259 e. The molecule has 2 saturated heterocycles. The summed E-state index contributed by atoms with van der Waals surface area (Å²) in [5.41, 5.74) is 8.26. The fourth-order valence-corrected chi connectivity index (χ4v) is 4.40. The van der Waals surface area contributed by atoms with E-state index >= 15 is 0 Å². The summed E-state index contributed by atoms with van der Waals surface area (Å²) in [6, 6.07) is 8.44. The Bertz CT molecular complexity index is 921. The highest BCUT2D eigenvalue weighted by atomic mass is 19.1. The molecule has 0 aliphatic carbocycles. The Morgan fingerprint density at radius 2 is 2.00 bits per heavy atom. The van der Waals surface area contributed by atoms with E-state index in [4.69, 9.17) is 0 Å². The number of pyridine rings is 1. The lowest BCUT2D eigenvalue weighted by atomic mass is 9.80. The van der Waals surface area contributed by atoms with Gasteiger partial charge in [-0.3, -0.25) is 20.4 Å². The summed E-state index contributed by atoms with van der Waals surface area (Å²) in [5.74, 6) is 0.150. The molecule has 6 nitrogen and oxygen atoms in total. The second-order valence-electron chi connectivity index (χ2n) is 7.74. The number of H-pyrrole nitrogens is 1. The van der Waals surface area contributed by atoms with E-state index in [1.807, 2.05) is 6.07 Å². The number of nitrogens with one attached hydrogen (secondary N) is 3. The van der Waals surface area contributed by atoms with Crippen LogP contribution in [0.2, 0.25) is 0 Å². The number of benzene rings is 1. The molecule has 1 amide bonds. The number of hydrogen-bond donors (Lipinski definition) is 3. The molecule has 1 aromatic carbocycles. The van der Waals surface area contributed by atoms with Gasteiger partial charge in [0.2, 0.25) is 0 Å². The number of aromatic nitrogens is 1. The third-order valence-corrected chi connectivity index (χ3v) is 5.92. The number of amides is 1. The minimum absolute atomic E-state index is 0.196. The molecule has 3 heterocycles. The SMILES string of the molecule is Cc1cc(=O)c(C(=O)N2CCC(C3NNCC3c3cccc(F)c3)CC2)c[nH]1. The third kappa shape index (κ3) is 3.72. The summed E-state index contributed by atoms with van der Waals surface area (Å²) in [7, 11) is 0. The molecule has 2 aliphatic heterocycles. The summed E-state index contributed by atoms with van der Waals surface area (Å²) in [6.45, 7) is 3.78. The molecule has 0 saturated carbocycles. The van der Waals surface area contributed by atoms with Crippen LogP contribution in [0.5, 0.6) is 0 Å². The number of hydrogen-bond acceptors (Lipinski definition) is 4. The van der Waals surface area contributed by atoms with Crippen molar-refractivity contribution in [2.24, 2.45) is 5.92 Å². The minimum atomic E-state index is -0.240. The molecule has 2 atom stereocenters. The number of aryl methyl sites for hydroxylation is 1. The Kier molecular flexibility index (Phi) is 5.28.